The van der Waals surface area contributed by atoms with Crippen LogP contribution in [0.15, 0.2) is 102 Å². The molecule has 0 spiro atoms. The number of carbonyl (C=O) groups is 2. The number of nitrogens with one attached hydrogen (secondary N) is 1. The van der Waals surface area contributed by atoms with Gasteiger partial charge in [0.15, 0.2) is 0 Å². The average Bonchev–Trinajstić information content (AvgIpc) is 3.00. The van der Waals surface area contributed by atoms with E-state index in [4.69, 9.17) is 34.8 Å². The lowest BCUT2D eigenvalue weighted by Gasteiger charge is -2.34. The molecule has 0 aliphatic carbocycles. The standard InChI is InChI=1S/C34H34Cl3N3O4S/c1-23(2)38-34(42)32(19-25-11-6-4-7-12-25)39(21-28-29(35)15-10-16-30(28)36)33(41)22-40(26-18-17-24(3)31(37)20-26)45(43,44)27-13-8-5-9-14-27/h4-18,20,23,32H,19,21-22H2,1-3H3,(H,38,42)/t32-/m1/s1. The minimum absolute atomic E-state index is 0.00594. The van der Waals surface area contributed by atoms with Crippen LogP contribution >= 0.6 is 34.8 Å². The Balaban J connectivity index is 1.85. The fourth-order valence-electron chi connectivity index (χ4n) is 4.77. The van der Waals surface area contributed by atoms with Crippen molar-refractivity contribution >= 4 is 62.3 Å². The average molecular weight is 687 g/mol. The van der Waals surface area contributed by atoms with Gasteiger partial charge in [-0.15, -0.1) is 0 Å². The lowest BCUT2D eigenvalue weighted by molar-refractivity contribution is -0.140. The Kier molecular flexibility index (Phi) is 11.6. The van der Waals surface area contributed by atoms with Gasteiger partial charge in [0, 0.05) is 39.6 Å². The van der Waals surface area contributed by atoms with Crippen LogP contribution in [0, 0.1) is 6.92 Å². The van der Waals surface area contributed by atoms with Crippen molar-refractivity contribution in [3.05, 3.63) is 129 Å². The quantitative estimate of drug-likeness (QED) is 0.169. The second-order valence-corrected chi connectivity index (χ2v) is 13.9. The predicted octanol–water partition coefficient (Wildman–Crippen LogP) is 7.32. The number of carbonyl (C=O) groups excluding carboxylic acids is 2. The van der Waals surface area contributed by atoms with Gasteiger partial charge in [-0.1, -0.05) is 95.5 Å². The van der Waals surface area contributed by atoms with E-state index in [1.807, 2.05) is 44.2 Å². The Hall–Kier alpha value is -3.56. The zero-order valence-electron chi connectivity index (χ0n) is 25.1. The van der Waals surface area contributed by atoms with Crippen molar-refractivity contribution < 1.29 is 18.0 Å². The summed E-state index contributed by atoms with van der Waals surface area (Å²) in [5, 5.41) is 3.87. The third-order valence-corrected chi connectivity index (χ3v) is 10.0. The Bertz CT molecular complexity index is 1730. The molecule has 0 aliphatic heterocycles. The normalized spacial score (nSPS) is 12.1. The van der Waals surface area contributed by atoms with Crippen LogP contribution in [-0.2, 0) is 32.6 Å². The maximum atomic E-state index is 14.5. The van der Waals surface area contributed by atoms with Crippen molar-refractivity contribution in [2.45, 2.75) is 50.7 Å². The van der Waals surface area contributed by atoms with Crippen molar-refractivity contribution in [1.29, 1.82) is 0 Å². The van der Waals surface area contributed by atoms with Crippen LogP contribution in [0.4, 0.5) is 5.69 Å². The molecule has 1 N–H and O–H groups in total. The number of aryl methyl sites for hydroxylation is 1. The Morgan fingerprint density at radius 1 is 0.800 bits per heavy atom. The summed E-state index contributed by atoms with van der Waals surface area (Å²) >= 11 is 19.5. The van der Waals surface area contributed by atoms with Gasteiger partial charge in [0.1, 0.15) is 12.6 Å². The van der Waals surface area contributed by atoms with Crippen molar-refractivity contribution in [2.75, 3.05) is 10.8 Å². The number of anilines is 1. The molecule has 45 heavy (non-hydrogen) atoms. The van der Waals surface area contributed by atoms with Gasteiger partial charge in [0.05, 0.1) is 10.6 Å². The molecule has 4 rings (SSSR count). The summed E-state index contributed by atoms with van der Waals surface area (Å²) in [6.45, 7) is 4.67. The molecule has 4 aromatic rings. The van der Waals surface area contributed by atoms with E-state index in [9.17, 15) is 18.0 Å². The van der Waals surface area contributed by atoms with Gasteiger partial charge >= 0.3 is 0 Å². The van der Waals surface area contributed by atoms with Gasteiger partial charge in [-0.25, -0.2) is 8.42 Å². The number of sulfonamides is 1. The van der Waals surface area contributed by atoms with Crippen molar-refractivity contribution in [3.8, 4) is 0 Å². The molecular formula is C34H34Cl3N3O4S. The largest absolute Gasteiger partial charge is 0.352 e. The predicted molar refractivity (Wildman–Crippen MR) is 181 cm³/mol. The van der Waals surface area contributed by atoms with Gasteiger partial charge in [-0.3, -0.25) is 13.9 Å². The molecule has 0 radical (unpaired) electrons. The first-order valence-electron chi connectivity index (χ1n) is 14.3. The van der Waals surface area contributed by atoms with Gasteiger partial charge < -0.3 is 10.2 Å². The smallest absolute Gasteiger partial charge is 0.264 e. The molecule has 4 aromatic carbocycles. The van der Waals surface area contributed by atoms with Gasteiger partial charge in [0.2, 0.25) is 11.8 Å². The summed E-state index contributed by atoms with van der Waals surface area (Å²) in [6.07, 6.45) is 0.162. The summed E-state index contributed by atoms with van der Waals surface area (Å²) in [7, 11) is -4.25. The van der Waals surface area contributed by atoms with Crippen LogP contribution in [0.1, 0.15) is 30.5 Å². The van der Waals surface area contributed by atoms with E-state index < -0.39 is 34.4 Å². The minimum Gasteiger partial charge on any atom is -0.352 e. The number of amides is 2. The van der Waals surface area contributed by atoms with Crippen molar-refractivity contribution in [1.82, 2.24) is 10.2 Å². The Labute approximate surface area is 279 Å². The second kappa shape index (κ2) is 15.1. The summed E-state index contributed by atoms with van der Waals surface area (Å²) < 4.78 is 29.2. The molecule has 0 bridgehead atoms. The van der Waals surface area contributed by atoms with E-state index in [0.29, 0.717) is 20.6 Å². The molecule has 1 atom stereocenters. The molecule has 11 heteroatoms. The number of halogens is 3. The molecular weight excluding hydrogens is 653 g/mol. The van der Waals surface area contributed by atoms with Crippen molar-refractivity contribution in [2.24, 2.45) is 0 Å². The SMILES string of the molecule is Cc1ccc(N(CC(=O)N(Cc2c(Cl)cccc2Cl)[C@H](Cc2ccccc2)C(=O)NC(C)C)S(=O)(=O)c2ccccc2)cc1Cl. The topological polar surface area (TPSA) is 86.8 Å². The highest BCUT2D eigenvalue weighted by molar-refractivity contribution is 7.92. The van der Waals surface area contributed by atoms with E-state index in [2.05, 4.69) is 5.32 Å². The number of nitrogens with zero attached hydrogens (tertiary/aromatic N) is 2. The number of hydrogen-bond acceptors (Lipinski definition) is 4. The van der Waals surface area contributed by atoms with Crippen LogP contribution < -0.4 is 9.62 Å². The first-order valence-corrected chi connectivity index (χ1v) is 16.9. The van der Waals surface area contributed by atoms with E-state index in [-0.39, 0.29) is 29.6 Å². The van der Waals surface area contributed by atoms with Crippen LogP contribution in [0.2, 0.25) is 15.1 Å². The third-order valence-electron chi connectivity index (χ3n) is 7.15. The van der Waals surface area contributed by atoms with Crippen LogP contribution in [0.3, 0.4) is 0 Å². The van der Waals surface area contributed by atoms with Crippen LogP contribution in [0.25, 0.3) is 0 Å². The van der Waals surface area contributed by atoms with E-state index in [1.54, 1.807) is 55.5 Å². The molecule has 0 saturated carbocycles. The highest BCUT2D eigenvalue weighted by Gasteiger charge is 2.35. The minimum atomic E-state index is -4.25. The van der Waals surface area contributed by atoms with Crippen LogP contribution in [-0.4, -0.2) is 43.8 Å². The fourth-order valence-corrected chi connectivity index (χ4v) is 6.89. The number of hydrogen-bond donors (Lipinski definition) is 1. The zero-order valence-corrected chi connectivity index (χ0v) is 28.2. The van der Waals surface area contributed by atoms with Crippen LogP contribution in [0.5, 0.6) is 0 Å². The first-order chi connectivity index (χ1) is 21.4. The summed E-state index contributed by atoms with van der Waals surface area (Å²) in [4.78, 5) is 29.7. The van der Waals surface area contributed by atoms with Gasteiger partial charge in [-0.2, -0.15) is 0 Å². The molecule has 7 nitrogen and oxygen atoms in total. The van der Waals surface area contributed by atoms with E-state index in [0.717, 1.165) is 15.4 Å². The molecule has 0 unspecified atom stereocenters. The lowest BCUT2D eigenvalue weighted by Crippen LogP contribution is -2.54. The summed E-state index contributed by atoms with van der Waals surface area (Å²) in [6, 6.07) is 25.6. The first kappa shape index (κ1) is 34.3. The highest BCUT2D eigenvalue weighted by Crippen LogP contribution is 2.30. The Morgan fingerprint density at radius 2 is 1.40 bits per heavy atom. The fraction of sp³-hybridized carbons (Fsp3) is 0.235. The third kappa shape index (κ3) is 8.58. The maximum absolute atomic E-state index is 14.5. The molecule has 0 aromatic heterocycles. The van der Waals surface area contributed by atoms with Gasteiger partial charge in [0.25, 0.3) is 10.0 Å². The molecule has 236 valence electrons. The summed E-state index contributed by atoms with van der Waals surface area (Å²) in [5.74, 6) is -1.04. The Morgan fingerprint density at radius 3 is 1.98 bits per heavy atom. The zero-order chi connectivity index (χ0) is 32.7. The molecule has 0 fully saturated rings. The van der Waals surface area contributed by atoms with Crippen molar-refractivity contribution in [3.63, 3.8) is 0 Å². The lowest BCUT2D eigenvalue weighted by atomic mass is 10.0. The van der Waals surface area contributed by atoms with E-state index >= 15 is 0 Å². The number of benzene rings is 4. The van der Waals surface area contributed by atoms with E-state index in [1.165, 1.54) is 23.1 Å². The molecule has 0 heterocycles. The highest BCUT2D eigenvalue weighted by atomic mass is 35.5. The van der Waals surface area contributed by atoms with Gasteiger partial charge in [-0.05, 0) is 68.3 Å². The molecule has 2 amide bonds. The molecule has 0 saturated heterocycles. The monoisotopic (exact) mass is 685 g/mol. The summed E-state index contributed by atoms with van der Waals surface area (Å²) in [5.41, 5.74) is 2.18. The maximum Gasteiger partial charge on any atom is 0.264 e. The molecule has 0 aliphatic rings. The number of rotatable bonds is 12. The second-order valence-electron chi connectivity index (χ2n) is 10.8.